The van der Waals surface area contributed by atoms with Gasteiger partial charge in [0.2, 0.25) is 5.43 Å². The highest BCUT2D eigenvalue weighted by Crippen LogP contribution is 2.37. The molecule has 1 aromatic carbocycles. The molecule has 3 rings (SSSR count). The first kappa shape index (κ1) is 20.4. The topological polar surface area (TPSA) is 64.0 Å². The highest BCUT2D eigenvalue weighted by Gasteiger charge is 2.46. The maximum absolute atomic E-state index is 13.3. The molecule has 28 heavy (non-hydrogen) atoms. The van der Waals surface area contributed by atoms with Crippen molar-refractivity contribution < 1.29 is 18.0 Å². The predicted molar refractivity (Wildman–Crippen MR) is 98.8 cm³/mol. The first-order valence-corrected chi connectivity index (χ1v) is 9.29. The second kappa shape index (κ2) is 7.95. The Hall–Kier alpha value is -2.35. The number of hydrogen-bond acceptors (Lipinski definition) is 3. The summed E-state index contributed by atoms with van der Waals surface area (Å²) >= 11 is 5.87. The van der Waals surface area contributed by atoms with Crippen LogP contribution in [0.5, 0.6) is 0 Å². The number of carbonyl (C=O) groups excluding carboxylic acids is 1. The summed E-state index contributed by atoms with van der Waals surface area (Å²) in [4.78, 5) is 24.8. The van der Waals surface area contributed by atoms with Gasteiger partial charge in [0.25, 0.3) is 5.91 Å². The number of aromatic nitrogens is 2. The molecule has 1 heterocycles. The second-order valence-electron chi connectivity index (χ2n) is 6.90. The third-order valence-electron chi connectivity index (χ3n) is 4.90. The molecule has 2 unspecified atom stereocenters. The second-order valence-corrected chi connectivity index (χ2v) is 7.34. The van der Waals surface area contributed by atoms with E-state index in [9.17, 15) is 22.8 Å². The van der Waals surface area contributed by atoms with Crippen molar-refractivity contribution >= 4 is 17.5 Å². The lowest BCUT2D eigenvalue weighted by Crippen LogP contribution is -2.48. The molecule has 1 N–H and O–H groups in total. The minimum absolute atomic E-state index is 0.0369. The van der Waals surface area contributed by atoms with Crippen LogP contribution in [0.25, 0.3) is 5.69 Å². The summed E-state index contributed by atoms with van der Waals surface area (Å²) in [5.41, 5.74) is -0.0249. The predicted octanol–water partition coefficient (Wildman–Crippen LogP) is 4.05. The van der Waals surface area contributed by atoms with E-state index in [0.717, 1.165) is 0 Å². The molecule has 5 nitrogen and oxygen atoms in total. The van der Waals surface area contributed by atoms with Crippen LogP contribution in [0.15, 0.2) is 35.1 Å². The van der Waals surface area contributed by atoms with E-state index in [1.165, 1.54) is 10.7 Å². The molecule has 2 aromatic rings. The number of nitrogens with zero attached hydrogens (tertiary/aromatic N) is 2. The number of carbonyl (C=O) groups is 1. The van der Waals surface area contributed by atoms with Crippen LogP contribution in [0, 0.1) is 12.8 Å². The van der Waals surface area contributed by atoms with Crippen LogP contribution in [0.3, 0.4) is 0 Å². The Balaban J connectivity index is 1.90. The van der Waals surface area contributed by atoms with Gasteiger partial charge in [-0.3, -0.25) is 9.59 Å². The summed E-state index contributed by atoms with van der Waals surface area (Å²) in [6.07, 6.45) is -3.17. The van der Waals surface area contributed by atoms with Crippen LogP contribution in [0.1, 0.15) is 41.9 Å². The van der Waals surface area contributed by atoms with Crippen molar-refractivity contribution in [2.24, 2.45) is 5.92 Å². The third kappa shape index (κ3) is 4.38. The van der Waals surface area contributed by atoms with Gasteiger partial charge in [-0.2, -0.15) is 18.3 Å². The Kier molecular flexibility index (Phi) is 5.79. The van der Waals surface area contributed by atoms with Gasteiger partial charge in [0.15, 0.2) is 5.69 Å². The van der Waals surface area contributed by atoms with Crippen molar-refractivity contribution in [1.82, 2.24) is 15.1 Å². The molecule has 0 bridgehead atoms. The van der Waals surface area contributed by atoms with Crippen molar-refractivity contribution in [3.8, 4) is 5.69 Å². The van der Waals surface area contributed by atoms with Gasteiger partial charge in [-0.25, -0.2) is 4.68 Å². The van der Waals surface area contributed by atoms with Crippen molar-refractivity contribution in [1.29, 1.82) is 0 Å². The van der Waals surface area contributed by atoms with Crippen LogP contribution >= 0.6 is 11.6 Å². The summed E-state index contributed by atoms with van der Waals surface area (Å²) in [5, 5.41) is 6.99. The molecular weight excluding hydrogens is 395 g/mol. The van der Waals surface area contributed by atoms with Gasteiger partial charge in [0.05, 0.1) is 11.6 Å². The van der Waals surface area contributed by atoms with Crippen LogP contribution < -0.4 is 10.7 Å². The highest BCUT2D eigenvalue weighted by molar-refractivity contribution is 6.30. The van der Waals surface area contributed by atoms with E-state index in [2.05, 4.69) is 10.4 Å². The normalized spacial score (nSPS) is 20.0. The molecule has 2 atom stereocenters. The Morgan fingerprint density at radius 1 is 1.21 bits per heavy atom. The summed E-state index contributed by atoms with van der Waals surface area (Å²) in [7, 11) is 0. The van der Waals surface area contributed by atoms with E-state index >= 15 is 0 Å². The number of amides is 1. The molecular formula is C19H19ClF3N3O2. The maximum Gasteiger partial charge on any atom is 0.393 e. The van der Waals surface area contributed by atoms with Gasteiger partial charge in [-0.05, 0) is 44.0 Å². The molecule has 1 saturated carbocycles. The third-order valence-corrected chi connectivity index (χ3v) is 5.15. The van der Waals surface area contributed by atoms with Crippen molar-refractivity contribution in [2.45, 2.75) is 44.8 Å². The molecule has 1 fully saturated rings. The first-order chi connectivity index (χ1) is 13.2. The lowest BCUT2D eigenvalue weighted by Gasteiger charge is -2.33. The molecule has 0 saturated heterocycles. The molecule has 1 amide bonds. The average Bonchev–Trinajstić information content (AvgIpc) is 2.62. The van der Waals surface area contributed by atoms with Gasteiger partial charge in [-0.15, -0.1) is 0 Å². The number of rotatable bonds is 3. The lowest BCUT2D eigenvalue weighted by molar-refractivity contribution is -0.187. The van der Waals surface area contributed by atoms with E-state index in [1.807, 2.05) is 0 Å². The Morgan fingerprint density at radius 2 is 1.86 bits per heavy atom. The largest absolute Gasteiger partial charge is 0.393 e. The minimum Gasteiger partial charge on any atom is -0.347 e. The SMILES string of the molecule is Cc1cc(=O)c(C(=O)NC2CCCCC2C(F)(F)F)nn1-c1ccc(Cl)cc1. The van der Waals surface area contributed by atoms with Gasteiger partial charge in [-0.1, -0.05) is 24.4 Å². The Bertz CT molecular complexity index is 926. The zero-order valence-corrected chi connectivity index (χ0v) is 15.8. The number of aryl methyl sites for hydroxylation is 1. The fraction of sp³-hybridized carbons (Fsp3) is 0.421. The molecule has 9 heteroatoms. The van der Waals surface area contributed by atoms with Gasteiger partial charge < -0.3 is 5.32 Å². The van der Waals surface area contributed by atoms with Gasteiger partial charge in [0, 0.05) is 22.8 Å². The molecule has 1 aliphatic carbocycles. The first-order valence-electron chi connectivity index (χ1n) is 8.91. The highest BCUT2D eigenvalue weighted by atomic mass is 35.5. The molecule has 0 aliphatic heterocycles. The fourth-order valence-electron chi connectivity index (χ4n) is 3.48. The number of alkyl halides is 3. The number of nitrogens with one attached hydrogen (secondary N) is 1. The summed E-state index contributed by atoms with van der Waals surface area (Å²) < 4.78 is 41.1. The van der Waals surface area contributed by atoms with Crippen molar-refractivity contribution in [3.63, 3.8) is 0 Å². The molecule has 0 radical (unpaired) electrons. The van der Waals surface area contributed by atoms with E-state index < -0.39 is 35.2 Å². The zero-order chi connectivity index (χ0) is 20.5. The molecule has 1 aromatic heterocycles. The van der Waals surface area contributed by atoms with E-state index in [0.29, 0.717) is 29.2 Å². The monoisotopic (exact) mass is 413 g/mol. The van der Waals surface area contributed by atoms with Crippen LogP contribution in [-0.2, 0) is 0 Å². The number of benzene rings is 1. The van der Waals surface area contributed by atoms with Gasteiger partial charge >= 0.3 is 6.18 Å². The van der Waals surface area contributed by atoms with Gasteiger partial charge in [0.1, 0.15) is 0 Å². The number of hydrogen-bond donors (Lipinski definition) is 1. The maximum atomic E-state index is 13.3. The Morgan fingerprint density at radius 3 is 2.50 bits per heavy atom. The standard InChI is InChI=1S/C19H19ClF3N3O2/c1-11-10-16(27)17(25-26(11)13-8-6-12(20)7-9-13)18(28)24-15-5-3-2-4-14(15)19(21,22)23/h6-10,14-15H,2-5H2,1H3,(H,24,28). The van der Waals surface area contributed by atoms with Crippen molar-refractivity contribution in [3.05, 3.63) is 57.0 Å². The molecule has 150 valence electrons. The van der Waals surface area contributed by atoms with E-state index in [1.54, 1.807) is 31.2 Å². The van der Waals surface area contributed by atoms with Crippen LogP contribution in [0.4, 0.5) is 13.2 Å². The van der Waals surface area contributed by atoms with Crippen LogP contribution in [0.2, 0.25) is 5.02 Å². The van der Waals surface area contributed by atoms with Crippen LogP contribution in [-0.4, -0.2) is 27.9 Å². The summed E-state index contributed by atoms with van der Waals surface area (Å²) in [6.45, 7) is 1.64. The van der Waals surface area contributed by atoms with E-state index in [4.69, 9.17) is 11.6 Å². The smallest absolute Gasteiger partial charge is 0.347 e. The average molecular weight is 414 g/mol. The van der Waals surface area contributed by atoms with E-state index in [-0.39, 0.29) is 12.8 Å². The summed E-state index contributed by atoms with van der Waals surface area (Å²) in [6, 6.07) is 6.76. The quantitative estimate of drug-likeness (QED) is 0.825. The van der Waals surface area contributed by atoms with Crippen molar-refractivity contribution in [2.75, 3.05) is 0 Å². The zero-order valence-electron chi connectivity index (χ0n) is 15.1. The fourth-order valence-corrected chi connectivity index (χ4v) is 3.61. The Labute approximate surface area is 164 Å². The molecule has 1 aliphatic rings. The lowest BCUT2D eigenvalue weighted by atomic mass is 9.84. The molecule has 0 spiro atoms. The number of halogens is 4. The summed E-state index contributed by atoms with van der Waals surface area (Å²) in [5.74, 6) is -2.51. The minimum atomic E-state index is -4.40.